The van der Waals surface area contributed by atoms with Crippen molar-refractivity contribution in [3.05, 3.63) is 42.1 Å². The first-order chi connectivity index (χ1) is 12.1. The Morgan fingerprint density at radius 1 is 1.12 bits per heavy atom. The van der Waals surface area contributed by atoms with Gasteiger partial charge in [0.25, 0.3) is 5.91 Å². The Morgan fingerprint density at radius 3 is 2.72 bits per heavy atom. The first kappa shape index (κ1) is 18.4. The predicted molar refractivity (Wildman–Crippen MR) is 92.9 cm³/mol. The second-order valence-electron chi connectivity index (χ2n) is 5.46. The van der Waals surface area contributed by atoms with Crippen LogP contribution in [0.4, 0.5) is 4.79 Å². The number of hydrogen-bond donors (Lipinski definition) is 2. The summed E-state index contributed by atoms with van der Waals surface area (Å²) >= 11 is 0. The maximum Gasteiger partial charge on any atom is 0.321 e. The van der Waals surface area contributed by atoms with E-state index in [1.54, 1.807) is 0 Å². The molecule has 1 heterocycles. The monoisotopic (exact) mass is 343 g/mol. The van der Waals surface area contributed by atoms with Crippen molar-refractivity contribution in [2.45, 2.75) is 26.2 Å². The number of carbonyl (C=O) groups is 3. The highest BCUT2D eigenvalue weighted by molar-refractivity contribution is 5.95. The number of nitrogens with zero attached hydrogens (tertiary/aromatic N) is 1. The van der Waals surface area contributed by atoms with Gasteiger partial charge in [0, 0.05) is 24.0 Å². The maximum atomic E-state index is 11.7. The van der Waals surface area contributed by atoms with Crippen LogP contribution in [0.2, 0.25) is 0 Å². The van der Waals surface area contributed by atoms with Gasteiger partial charge in [0.1, 0.15) is 0 Å². The molecule has 1 aromatic heterocycles. The fourth-order valence-corrected chi connectivity index (χ4v) is 2.14. The molecule has 7 heteroatoms. The number of nitrogens with one attached hydrogen (secondary N) is 2. The van der Waals surface area contributed by atoms with Gasteiger partial charge in [-0.3, -0.25) is 19.9 Å². The van der Waals surface area contributed by atoms with Crippen molar-refractivity contribution in [3.8, 4) is 0 Å². The molecule has 2 aromatic rings. The third-order valence-electron chi connectivity index (χ3n) is 3.39. The molecule has 0 spiro atoms. The van der Waals surface area contributed by atoms with Crippen molar-refractivity contribution in [3.63, 3.8) is 0 Å². The number of carbonyl (C=O) groups excluding carboxylic acids is 3. The van der Waals surface area contributed by atoms with Gasteiger partial charge in [-0.05, 0) is 18.6 Å². The molecule has 0 aliphatic rings. The molecular formula is C18H21N3O4. The van der Waals surface area contributed by atoms with E-state index in [1.807, 2.05) is 43.3 Å². The number of fused-ring (bicyclic) bond motifs is 1. The third kappa shape index (κ3) is 6.21. The van der Waals surface area contributed by atoms with Crippen LogP contribution in [-0.4, -0.2) is 36.0 Å². The Hall–Kier alpha value is -2.96. The normalized spacial score (nSPS) is 10.3. The number of esters is 1. The molecule has 0 aliphatic heterocycles. The molecule has 0 unspecified atom stereocenters. The number of aromatic nitrogens is 1. The van der Waals surface area contributed by atoms with Gasteiger partial charge < -0.3 is 10.1 Å². The average Bonchev–Trinajstić information content (AvgIpc) is 2.62. The summed E-state index contributed by atoms with van der Waals surface area (Å²) in [6.07, 6.45) is 1.29. The van der Waals surface area contributed by atoms with Gasteiger partial charge in [0.15, 0.2) is 6.61 Å². The summed E-state index contributed by atoms with van der Waals surface area (Å²) in [6.45, 7) is 1.88. The van der Waals surface area contributed by atoms with Crippen molar-refractivity contribution in [1.82, 2.24) is 15.6 Å². The number of urea groups is 1. The van der Waals surface area contributed by atoms with Gasteiger partial charge in [0.05, 0.1) is 11.9 Å². The molecule has 0 radical (unpaired) electrons. The summed E-state index contributed by atoms with van der Waals surface area (Å²) in [6, 6.07) is 10.9. The lowest BCUT2D eigenvalue weighted by molar-refractivity contribution is -0.148. The molecule has 0 bridgehead atoms. The van der Waals surface area contributed by atoms with E-state index in [0.29, 0.717) is 13.0 Å². The molecule has 3 amide bonds. The van der Waals surface area contributed by atoms with E-state index in [4.69, 9.17) is 4.74 Å². The van der Waals surface area contributed by atoms with Crippen LogP contribution in [0.5, 0.6) is 0 Å². The fraction of sp³-hybridized carbons (Fsp3) is 0.333. The summed E-state index contributed by atoms with van der Waals surface area (Å²) < 4.78 is 4.86. The van der Waals surface area contributed by atoms with Crippen LogP contribution in [0.15, 0.2) is 36.4 Å². The lowest BCUT2D eigenvalue weighted by Gasteiger charge is -2.07. The number of amides is 3. The molecule has 1 aromatic carbocycles. The zero-order valence-electron chi connectivity index (χ0n) is 14.1. The van der Waals surface area contributed by atoms with Crippen LogP contribution in [0.3, 0.4) is 0 Å². The Kier molecular flexibility index (Phi) is 6.88. The van der Waals surface area contributed by atoms with Gasteiger partial charge in [-0.25, -0.2) is 4.79 Å². The summed E-state index contributed by atoms with van der Waals surface area (Å²) in [5.74, 6) is -1.18. The van der Waals surface area contributed by atoms with Gasteiger partial charge >= 0.3 is 12.0 Å². The van der Waals surface area contributed by atoms with Gasteiger partial charge in [0.2, 0.25) is 0 Å². The zero-order valence-corrected chi connectivity index (χ0v) is 14.1. The minimum atomic E-state index is -0.661. The number of para-hydroxylation sites is 1. The average molecular weight is 343 g/mol. The van der Waals surface area contributed by atoms with Crippen molar-refractivity contribution >= 4 is 28.8 Å². The Balaban J connectivity index is 1.72. The molecule has 2 N–H and O–H groups in total. The summed E-state index contributed by atoms with van der Waals surface area (Å²) in [5.41, 5.74) is 1.64. The van der Waals surface area contributed by atoms with Crippen LogP contribution in [-0.2, 0) is 20.7 Å². The quantitative estimate of drug-likeness (QED) is 0.749. The number of aryl methyl sites for hydroxylation is 1. The number of hydrogen-bond acceptors (Lipinski definition) is 5. The first-order valence-electron chi connectivity index (χ1n) is 8.16. The van der Waals surface area contributed by atoms with Crippen LogP contribution in [0, 0.1) is 0 Å². The first-order valence-corrected chi connectivity index (χ1v) is 8.16. The van der Waals surface area contributed by atoms with Crippen LogP contribution >= 0.6 is 0 Å². The predicted octanol–water partition coefficient (Wildman–Crippen LogP) is 1.95. The van der Waals surface area contributed by atoms with Gasteiger partial charge in [-0.2, -0.15) is 0 Å². The lowest BCUT2D eigenvalue weighted by atomic mass is 10.1. The topological polar surface area (TPSA) is 97.4 Å². The van der Waals surface area contributed by atoms with E-state index in [0.717, 1.165) is 23.0 Å². The van der Waals surface area contributed by atoms with E-state index in [9.17, 15) is 14.4 Å². The van der Waals surface area contributed by atoms with E-state index in [1.165, 1.54) is 0 Å². The number of ether oxygens (including phenoxy) is 1. The minimum Gasteiger partial charge on any atom is -0.456 e. The fourth-order valence-electron chi connectivity index (χ4n) is 2.14. The largest absolute Gasteiger partial charge is 0.456 e. The molecule has 0 fully saturated rings. The van der Waals surface area contributed by atoms with E-state index < -0.39 is 24.5 Å². The molecule has 25 heavy (non-hydrogen) atoms. The highest BCUT2D eigenvalue weighted by Crippen LogP contribution is 2.12. The summed E-state index contributed by atoms with van der Waals surface area (Å²) in [7, 11) is 0. The third-order valence-corrected chi connectivity index (χ3v) is 3.39. The molecule has 132 valence electrons. The van der Waals surface area contributed by atoms with Gasteiger partial charge in [-0.15, -0.1) is 0 Å². The molecular weight excluding hydrogens is 322 g/mol. The maximum absolute atomic E-state index is 11.7. The SMILES string of the molecule is CCCNC(=O)NC(=O)COC(=O)CCc1ccc2ccccc2n1. The Morgan fingerprint density at radius 2 is 1.92 bits per heavy atom. The van der Waals surface area contributed by atoms with E-state index in [-0.39, 0.29) is 6.42 Å². The molecule has 2 rings (SSSR count). The van der Waals surface area contributed by atoms with Crippen molar-refractivity contribution in [1.29, 1.82) is 0 Å². The number of pyridine rings is 1. The highest BCUT2D eigenvalue weighted by atomic mass is 16.5. The molecule has 0 saturated carbocycles. The van der Waals surface area contributed by atoms with E-state index in [2.05, 4.69) is 15.6 Å². The second kappa shape index (κ2) is 9.36. The number of imide groups is 1. The standard InChI is InChI=1S/C18H21N3O4/c1-2-11-19-18(24)21-16(22)12-25-17(23)10-9-14-8-7-13-5-3-4-6-15(13)20-14/h3-8H,2,9-12H2,1H3,(H2,19,21,22,24). The lowest BCUT2D eigenvalue weighted by Crippen LogP contribution is -2.41. The zero-order chi connectivity index (χ0) is 18.1. The van der Waals surface area contributed by atoms with Crippen molar-refractivity contribution < 1.29 is 19.1 Å². The Labute approximate surface area is 145 Å². The molecule has 7 nitrogen and oxygen atoms in total. The minimum absolute atomic E-state index is 0.112. The van der Waals surface area contributed by atoms with Crippen LogP contribution in [0.25, 0.3) is 10.9 Å². The van der Waals surface area contributed by atoms with E-state index >= 15 is 0 Å². The summed E-state index contributed by atoms with van der Waals surface area (Å²) in [4.78, 5) is 38.9. The van der Waals surface area contributed by atoms with Crippen molar-refractivity contribution in [2.24, 2.45) is 0 Å². The molecule has 0 atom stereocenters. The summed E-state index contributed by atoms with van der Waals surface area (Å²) in [5, 5.41) is 5.61. The van der Waals surface area contributed by atoms with Crippen molar-refractivity contribution in [2.75, 3.05) is 13.2 Å². The van der Waals surface area contributed by atoms with Gasteiger partial charge in [-0.1, -0.05) is 31.2 Å². The highest BCUT2D eigenvalue weighted by Gasteiger charge is 2.11. The molecule has 0 saturated heterocycles. The second-order valence-corrected chi connectivity index (χ2v) is 5.46. The number of rotatable bonds is 7. The molecule has 0 aliphatic carbocycles. The number of benzene rings is 1. The smallest absolute Gasteiger partial charge is 0.321 e. The van der Waals surface area contributed by atoms with Crippen LogP contribution in [0.1, 0.15) is 25.5 Å². The Bertz CT molecular complexity index is 761. The van der Waals surface area contributed by atoms with Crippen LogP contribution < -0.4 is 10.6 Å².